The second-order valence-electron chi connectivity index (χ2n) is 7.51. The smallest absolute Gasteiger partial charge is 0.316 e. The number of epoxide rings is 1. The predicted molar refractivity (Wildman–Crippen MR) is 83.7 cm³/mol. The molecule has 132 valence electrons. The van der Waals surface area contributed by atoms with E-state index in [-0.39, 0.29) is 35.7 Å². The van der Waals surface area contributed by atoms with Gasteiger partial charge in [-0.25, -0.2) is 0 Å². The van der Waals surface area contributed by atoms with E-state index in [1.165, 1.54) is 0 Å². The van der Waals surface area contributed by atoms with E-state index in [0.717, 1.165) is 22.9 Å². The van der Waals surface area contributed by atoms with Crippen LogP contribution in [0.2, 0.25) is 0 Å². The van der Waals surface area contributed by atoms with E-state index >= 15 is 0 Å². The number of carbonyl (C=O) groups excluding carboxylic acids is 1. The maximum Gasteiger partial charge on any atom is 0.316 e. The quantitative estimate of drug-likeness (QED) is 0.365. The molecule has 1 aromatic rings. The van der Waals surface area contributed by atoms with Gasteiger partial charge >= 0.3 is 5.97 Å². The Morgan fingerprint density at radius 3 is 2.38 bits per heavy atom. The van der Waals surface area contributed by atoms with Crippen molar-refractivity contribution in [1.29, 1.82) is 0 Å². The van der Waals surface area contributed by atoms with Gasteiger partial charge in [0.2, 0.25) is 0 Å². The van der Waals surface area contributed by atoms with Gasteiger partial charge < -0.3 is 36.0 Å². The maximum atomic E-state index is 12.5. The number of ether oxygens (including phenoxy) is 2. The minimum atomic E-state index is -0.593. The normalized spacial score (nSPS) is 36.2. The van der Waals surface area contributed by atoms with Crippen LogP contribution in [0.1, 0.15) is 24.3 Å². The SMILES string of the molecule is C[N+]1(C)C2CC(OC(=O)[C@H](CO)c3ccccc3)C[C@@H]1[C@H]1O[C@@H]21.[Br-]. The van der Waals surface area contributed by atoms with Gasteiger partial charge in [0.15, 0.2) is 0 Å². The van der Waals surface area contributed by atoms with Gasteiger partial charge in [0.25, 0.3) is 0 Å². The zero-order valence-electron chi connectivity index (χ0n) is 14.0. The lowest BCUT2D eigenvalue weighted by atomic mass is 9.95. The summed E-state index contributed by atoms with van der Waals surface area (Å²) in [6, 6.07) is 10.2. The molecule has 2 unspecified atom stereocenters. The van der Waals surface area contributed by atoms with Gasteiger partial charge in [-0.1, -0.05) is 30.3 Å². The van der Waals surface area contributed by atoms with Crippen molar-refractivity contribution >= 4 is 5.97 Å². The molecule has 0 radical (unpaired) electrons. The van der Waals surface area contributed by atoms with Crippen LogP contribution in [-0.2, 0) is 14.3 Å². The topological polar surface area (TPSA) is 59.1 Å². The first-order valence-corrected chi connectivity index (χ1v) is 8.37. The summed E-state index contributed by atoms with van der Waals surface area (Å²) in [4.78, 5) is 12.5. The second kappa shape index (κ2) is 6.41. The number of carbonyl (C=O) groups is 1. The van der Waals surface area contributed by atoms with Gasteiger partial charge in [-0.15, -0.1) is 0 Å². The summed E-state index contributed by atoms with van der Waals surface area (Å²) < 4.78 is 12.5. The van der Waals surface area contributed by atoms with E-state index in [1.54, 1.807) is 0 Å². The van der Waals surface area contributed by atoms with Crippen LogP contribution in [0.5, 0.6) is 0 Å². The Kier molecular flexibility index (Phi) is 4.77. The average molecular weight is 398 g/mol. The van der Waals surface area contributed by atoms with Gasteiger partial charge in [0, 0.05) is 12.8 Å². The highest BCUT2D eigenvalue weighted by Gasteiger charge is 2.70. The van der Waals surface area contributed by atoms with Gasteiger partial charge in [-0.05, 0) is 5.56 Å². The van der Waals surface area contributed by atoms with Crippen molar-refractivity contribution in [1.82, 2.24) is 0 Å². The van der Waals surface area contributed by atoms with Gasteiger partial charge in [0.05, 0.1) is 20.7 Å². The fraction of sp³-hybridized carbons (Fsp3) is 0.611. The molecule has 3 fully saturated rings. The number of hydrogen-bond acceptors (Lipinski definition) is 4. The van der Waals surface area contributed by atoms with Crippen molar-refractivity contribution in [3.05, 3.63) is 35.9 Å². The molecule has 3 saturated heterocycles. The van der Waals surface area contributed by atoms with E-state index < -0.39 is 5.92 Å². The minimum Gasteiger partial charge on any atom is -1.00 e. The predicted octanol–water partition coefficient (Wildman–Crippen LogP) is -1.93. The van der Waals surface area contributed by atoms with Crippen LogP contribution in [0, 0.1) is 0 Å². The highest BCUT2D eigenvalue weighted by molar-refractivity contribution is 5.78. The van der Waals surface area contributed by atoms with Crippen LogP contribution in [0.3, 0.4) is 0 Å². The first-order valence-electron chi connectivity index (χ1n) is 8.37. The molecule has 4 rings (SSSR count). The number of fused-ring (bicyclic) bond motifs is 5. The molecule has 1 aromatic carbocycles. The first kappa shape index (κ1) is 17.9. The number of aliphatic hydroxyl groups is 1. The molecule has 24 heavy (non-hydrogen) atoms. The van der Waals surface area contributed by atoms with Crippen molar-refractivity contribution in [2.75, 3.05) is 20.7 Å². The Hall–Kier alpha value is -0.950. The molecule has 0 saturated carbocycles. The number of likely N-dealkylation sites (N-methyl/N-ethyl adjacent to an activating group) is 1. The fourth-order valence-corrected chi connectivity index (χ4v) is 4.55. The summed E-state index contributed by atoms with van der Waals surface area (Å²) in [6.07, 6.45) is 2.34. The molecule has 0 aliphatic carbocycles. The summed E-state index contributed by atoms with van der Waals surface area (Å²) in [5.74, 6) is -0.908. The number of nitrogens with zero attached hydrogens (tertiary/aromatic N) is 1. The van der Waals surface area contributed by atoms with Crippen molar-refractivity contribution in [2.24, 2.45) is 0 Å². The van der Waals surface area contributed by atoms with Crippen LogP contribution in [0.4, 0.5) is 0 Å². The van der Waals surface area contributed by atoms with E-state index in [2.05, 4.69) is 14.1 Å². The molecule has 3 aliphatic heterocycles. The van der Waals surface area contributed by atoms with Crippen molar-refractivity contribution in [3.63, 3.8) is 0 Å². The van der Waals surface area contributed by atoms with Crippen LogP contribution in [-0.4, -0.2) is 66.7 Å². The third-order valence-electron chi connectivity index (χ3n) is 5.99. The van der Waals surface area contributed by atoms with Crippen molar-refractivity contribution in [3.8, 4) is 0 Å². The number of morpholine rings is 1. The van der Waals surface area contributed by atoms with Crippen molar-refractivity contribution < 1.29 is 40.8 Å². The summed E-state index contributed by atoms with van der Waals surface area (Å²) in [7, 11) is 4.51. The zero-order chi connectivity index (χ0) is 16.2. The van der Waals surface area contributed by atoms with Gasteiger partial charge in [0.1, 0.15) is 36.3 Å². The van der Waals surface area contributed by atoms with Gasteiger partial charge in [-0.3, -0.25) is 4.79 Å². The lowest BCUT2D eigenvalue weighted by Crippen LogP contribution is -3.00. The summed E-state index contributed by atoms with van der Waals surface area (Å²) >= 11 is 0. The number of hydrogen-bond donors (Lipinski definition) is 1. The summed E-state index contributed by atoms with van der Waals surface area (Å²) in [6.45, 7) is -0.224. The molecule has 6 atom stereocenters. The molecule has 6 heteroatoms. The van der Waals surface area contributed by atoms with Crippen LogP contribution < -0.4 is 17.0 Å². The molecule has 0 amide bonds. The average Bonchev–Trinajstić information content (AvgIpc) is 3.27. The van der Waals surface area contributed by atoms with E-state index in [0.29, 0.717) is 24.3 Å². The fourth-order valence-electron chi connectivity index (χ4n) is 4.55. The minimum absolute atomic E-state index is 0. The molecule has 0 aromatic heterocycles. The molecule has 2 bridgehead atoms. The van der Waals surface area contributed by atoms with E-state index in [4.69, 9.17) is 9.47 Å². The summed E-state index contributed by atoms with van der Waals surface area (Å²) in [5, 5.41) is 9.60. The number of halogens is 1. The number of quaternary nitrogens is 1. The molecular formula is C18H24BrNO4. The maximum absolute atomic E-state index is 12.5. The first-order chi connectivity index (χ1) is 11.0. The number of aliphatic hydroxyl groups excluding tert-OH is 1. The third kappa shape index (κ3) is 2.79. The zero-order valence-corrected chi connectivity index (χ0v) is 15.6. The van der Waals surface area contributed by atoms with E-state index in [1.807, 2.05) is 30.3 Å². The molecule has 5 nitrogen and oxygen atoms in total. The summed E-state index contributed by atoms with van der Waals surface area (Å²) in [5.41, 5.74) is 0.807. The van der Waals surface area contributed by atoms with Crippen LogP contribution >= 0.6 is 0 Å². The molecule has 1 N–H and O–H groups in total. The number of esters is 1. The standard InChI is InChI=1S/C18H24NO4.BrH/c1-19(2)14-8-12(9-15(19)17-16(14)23-17)22-18(21)13(10-20)11-6-4-3-5-7-11;/h3-7,12-17,20H,8-10H2,1-2H3;1H/q+1;/p-1/t12?,13-,14-,15?,16-,17+;/m1./s1. The molecule has 3 aliphatic rings. The highest BCUT2D eigenvalue weighted by Crippen LogP contribution is 2.51. The monoisotopic (exact) mass is 397 g/mol. The third-order valence-corrected chi connectivity index (χ3v) is 5.99. The Morgan fingerprint density at radius 1 is 1.25 bits per heavy atom. The number of benzene rings is 1. The largest absolute Gasteiger partial charge is 1.00 e. The Labute approximate surface area is 152 Å². The lowest BCUT2D eigenvalue weighted by Gasteiger charge is -2.45. The Balaban J connectivity index is 0.00000169. The van der Waals surface area contributed by atoms with Crippen molar-refractivity contribution in [2.45, 2.75) is 49.2 Å². The molecule has 0 spiro atoms. The Morgan fingerprint density at radius 2 is 1.83 bits per heavy atom. The molecular weight excluding hydrogens is 374 g/mol. The number of rotatable bonds is 4. The Bertz CT molecular complexity index is 588. The molecule has 3 heterocycles. The highest BCUT2D eigenvalue weighted by atomic mass is 79.9. The van der Waals surface area contributed by atoms with E-state index in [9.17, 15) is 9.90 Å². The van der Waals surface area contributed by atoms with Crippen LogP contribution in [0.25, 0.3) is 0 Å². The lowest BCUT2D eigenvalue weighted by molar-refractivity contribution is -0.938. The second-order valence-corrected chi connectivity index (χ2v) is 7.51. The number of piperidine rings is 1. The van der Waals surface area contributed by atoms with Gasteiger partial charge in [-0.2, -0.15) is 0 Å². The van der Waals surface area contributed by atoms with Crippen LogP contribution in [0.15, 0.2) is 30.3 Å².